The summed E-state index contributed by atoms with van der Waals surface area (Å²) in [6, 6.07) is -1.20. The lowest BCUT2D eigenvalue weighted by atomic mass is 10.1. The van der Waals surface area contributed by atoms with E-state index in [1.165, 1.54) is 13.8 Å². The van der Waals surface area contributed by atoms with Crippen molar-refractivity contribution in [3.8, 4) is 0 Å². The molecule has 0 radical (unpaired) electrons. The minimum absolute atomic E-state index is 0.0955. The molecule has 30 heavy (non-hydrogen) atoms. The highest BCUT2D eigenvalue weighted by Gasteiger charge is 2.22. The van der Waals surface area contributed by atoms with Gasteiger partial charge in [-0.05, 0) is 25.7 Å². The van der Waals surface area contributed by atoms with Crippen molar-refractivity contribution in [3.05, 3.63) is 12.2 Å². The molecule has 2 N–H and O–H groups in total. The molecule has 0 saturated heterocycles. The van der Waals surface area contributed by atoms with E-state index in [0.29, 0.717) is 0 Å². The average Bonchev–Trinajstić information content (AvgIpc) is 2.66. The lowest BCUT2D eigenvalue weighted by Gasteiger charge is -2.21. The first-order valence-electron chi connectivity index (χ1n) is 9.74. The normalized spacial score (nSPS) is 14.8. The fraction of sp³-hybridized carbons (Fsp3) is 0.778. The Morgan fingerprint density at radius 2 is 1.03 bits per heavy atom. The van der Waals surface area contributed by atoms with E-state index >= 15 is 0 Å². The first-order chi connectivity index (χ1) is 13.7. The van der Waals surface area contributed by atoms with Gasteiger partial charge >= 0.3 is 11.9 Å². The Balaban J connectivity index is 4.67. The molecule has 0 spiro atoms. The third-order valence-electron chi connectivity index (χ3n) is 4.20. The Hall–Kier alpha value is -1.50. The molecule has 2 atom stereocenters. The summed E-state index contributed by atoms with van der Waals surface area (Å²) < 4.78 is 61.6. The van der Waals surface area contributed by atoms with E-state index in [1.807, 2.05) is 0 Å². The maximum Gasteiger partial charge on any atom is 0.331 e. The Morgan fingerprint density at radius 3 is 1.27 bits per heavy atom. The van der Waals surface area contributed by atoms with Crippen molar-refractivity contribution in [3.63, 3.8) is 0 Å². The molecule has 0 aromatic carbocycles. The number of sulfonamides is 2. The third-order valence-corrected chi connectivity index (χ3v) is 7.04. The van der Waals surface area contributed by atoms with Crippen LogP contribution in [0.1, 0.15) is 41.5 Å². The third kappa shape index (κ3) is 12.3. The summed E-state index contributed by atoms with van der Waals surface area (Å²) in [4.78, 5) is 23.6. The number of hydrogen-bond acceptors (Lipinski definition) is 8. The quantitative estimate of drug-likeness (QED) is 0.277. The number of esters is 2. The van der Waals surface area contributed by atoms with Crippen LogP contribution in [0.4, 0.5) is 0 Å². The minimum Gasteiger partial charge on any atom is -0.461 e. The van der Waals surface area contributed by atoms with Gasteiger partial charge in [-0.1, -0.05) is 27.7 Å². The van der Waals surface area contributed by atoms with Crippen LogP contribution in [0.5, 0.6) is 0 Å². The van der Waals surface area contributed by atoms with Crippen LogP contribution >= 0.6 is 0 Å². The molecule has 0 heterocycles. The summed E-state index contributed by atoms with van der Waals surface area (Å²) in [5, 5.41) is 0. The average molecular weight is 471 g/mol. The van der Waals surface area contributed by atoms with Crippen molar-refractivity contribution in [1.29, 1.82) is 0 Å². The molecule has 0 aliphatic rings. The van der Waals surface area contributed by atoms with Gasteiger partial charge in [-0.15, -0.1) is 0 Å². The van der Waals surface area contributed by atoms with Crippen LogP contribution in [0.15, 0.2) is 12.2 Å². The summed E-state index contributed by atoms with van der Waals surface area (Å²) in [6.07, 6.45) is 1.74. The van der Waals surface area contributed by atoms with Gasteiger partial charge in [0.2, 0.25) is 20.0 Å². The lowest BCUT2D eigenvalue weighted by molar-refractivity contribution is -0.141. The van der Waals surface area contributed by atoms with Gasteiger partial charge in [0.15, 0.2) is 0 Å². The molecule has 0 rings (SSSR count). The fourth-order valence-corrected chi connectivity index (χ4v) is 3.87. The zero-order chi connectivity index (χ0) is 23.5. The topological polar surface area (TPSA) is 145 Å². The summed E-state index contributed by atoms with van der Waals surface area (Å²) in [7, 11) is -6.91. The van der Waals surface area contributed by atoms with E-state index in [2.05, 4.69) is 9.44 Å². The van der Waals surface area contributed by atoms with Gasteiger partial charge in [0, 0.05) is 12.2 Å². The molecule has 12 heteroatoms. The molecule has 176 valence electrons. The van der Waals surface area contributed by atoms with Crippen LogP contribution in [0.25, 0.3) is 0 Å². The molecular formula is C18H34N2O8S2. The molecule has 0 bridgehead atoms. The van der Waals surface area contributed by atoms with Gasteiger partial charge in [-0.3, -0.25) is 0 Å². The van der Waals surface area contributed by atoms with E-state index in [-0.39, 0.29) is 36.6 Å². The second kappa shape index (κ2) is 13.0. The van der Waals surface area contributed by atoms with Crippen LogP contribution in [0.2, 0.25) is 0 Å². The van der Waals surface area contributed by atoms with Crippen LogP contribution in [-0.2, 0) is 39.1 Å². The molecule has 0 amide bonds. The van der Waals surface area contributed by atoms with Crippen LogP contribution in [0.3, 0.4) is 0 Å². The van der Waals surface area contributed by atoms with Gasteiger partial charge in [-0.2, -0.15) is 0 Å². The lowest BCUT2D eigenvalue weighted by Crippen LogP contribution is -2.43. The number of carbonyl (C=O) groups is 2. The first-order valence-corrected chi connectivity index (χ1v) is 13.0. The second-order valence-electron chi connectivity index (χ2n) is 7.34. The zero-order valence-corrected chi connectivity index (χ0v) is 20.0. The molecule has 0 aromatic heterocycles. The molecule has 0 aromatic rings. The summed E-state index contributed by atoms with van der Waals surface area (Å²) in [6.45, 7) is 9.73. The van der Waals surface area contributed by atoms with Gasteiger partial charge < -0.3 is 9.47 Å². The van der Waals surface area contributed by atoms with E-state index < -0.39 is 44.1 Å². The molecule has 0 aliphatic heterocycles. The molecule has 0 saturated carbocycles. The van der Waals surface area contributed by atoms with Crippen molar-refractivity contribution in [1.82, 2.24) is 9.44 Å². The smallest absolute Gasteiger partial charge is 0.331 e. The number of hydrogen-bond donors (Lipinski definition) is 2. The summed E-state index contributed by atoms with van der Waals surface area (Å²) >= 11 is 0. The number of ether oxygens (including phenoxy) is 2. The molecular weight excluding hydrogens is 436 g/mol. The SMILES string of the molecule is CCS(=O)(=O)N[C@H](COC(=O)/C=C/C(=O)OC[C@@H](NS(=O)(=O)CC)C(C)C)C(C)C. The molecule has 0 unspecified atom stereocenters. The van der Waals surface area contributed by atoms with E-state index in [9.17, 15) is 26.4 Å². The Kier molecular flexibility index (Phi) is 12.4. The van der Waals surface area contributed by atoms with E-state index in [1.54, 1.807) is 27.7 Å². The highest BCUT2D eigenvalue weighted by molar-refractivity contribution is 7.89. The van der Waals surface area contributed by atoms with Crippen molar-refractivity contribution in [2.24, 2.45) is 11.8 Å². The Labute approximate surface area is 179 Å². The predicted octanol–water partition coefficient (Wildman–Crippen LogP) is 0.557. The van der Waals surface area contributed by atoms with Crippen molar-refractivity contribution >= 4 is 32.0 Å². The first kappa shape index (κ1) is 28.5. The highest BCUT2D eigenvalue weighted by atomic mass is 32.2. The maximum absolute atomic E-state index is 11.8. The summed E-state index contributed by atoms with van der Waals surface area (Å²) in [5.41, 5.74) is 0. The molecule has 0 fully saturated rings. The fourth-order valence-electron chi connectivity index (χ4n) is 1.93. The van der Waals surface area contributed by atoms with Crippen LogP contribution in [0, 0.1) is 11.8 Å². The van der Waals surface area contributed by atoms with Gasteiger partial charge in [0.1, 0.15) is 13.2 Å². The van der Waals surface area contributed by atoms with Gasteiger partial charge in [0.25, 0.3) is 0 Å². The number of nitrogens with one attached hydrogen (secondary N) is 2. The standard InChI is InChI=1S/C18H34N2O8S2/c1-7-29(23,24)19-15(13(3)4)11-27-17(21)9-10-18(22)28-12-16(14(5)6)20-30(25,26)8-2/h9-10,13-16,19-20H,7-8,11-12H2,1-6H3/b10-9+/t15-,16-/m1/s1. The Morgan fingerprint density at radius 1 is 0.733 bits per heavy atom. The van der Waals surface area contributed by atoms with Crippen LogP contribution in [-0.4, -0.2) is 65.6 Å². The van der Waals surface area contributed by atoms with E-state index in [0.717, 1.165) is 12.2 Å². The largest absolute Gasteiger partial charge is 0.461 e. The van der Waals surface area contributed by atoms with E-state index in [4.69, 9.17) is 9.47 Å². The number of carbonyl (C=O) groups excluding carboxylic acids is 2. The second-order valence-corrected chi connectivity index (χ2v) is 11.4. The minimum atomic E-state index is -3.46. The van der Waals surface area contributed by atoms with Crippen molar-refractivity contribution in [2.45, 2.75) is 53.6 Å². The van der Waals surface area contributed by atoms with Gasteiger partial charge in [-0.25, -0.2) is 35.9 Å². The Bertz CT molecular complexity index is 723. The maximum atomic E-state index is 11.8. The molecule has 0 aliphatic carbocycles. The molecule has 10 nitrogen and oxygen atoms in total. The highest BCUT2D eigenvalue weighted by Crippen LogP contribution is 2.06. The predicted molar refractivity (Wildman–Crippen MR) is 114 cm³/mol. The van der Waals surface area contributed by atoms with Crippen molar-refractivity contribution in [2.75, 3.05) is 24.7 Å². The monoisotopic (exact) mass is 470 g/mol. The zero-order valence-electron chi connectivity index (χ0n) is 18.4. The van der Waals surface area contributed by atoms with Crippen molar-refractivity contribution < 1.29 is 35.9 Å². The summed E-state index contributed by atoms with van der Waals surface area (Å²) in [5.74, 6) is -2.09. The van der Waals surface area contributed by atoms with Gasteiger partial charge in [0.05, 0.1) is 23.6 Å². The van der Waals surface area contributed by atoms with Crippen LogP contribution < -0.4 is 9.44 Å². The number of rotatable bonds is 14.